The predicted molar refractivity (Wildman–Crippen MR) is 66.6 cm³/mol. The van der Waals surface area contributed by atoms with Crippen molar-refractivity contribution in [2.45, 2.75) is 44.7 Å². The van der Waals surface area contributed by atoms with Gasteiger partial charge in [-0.15, -0.1) is 0 Å². The molecule has 0 bridgehead atoms. The quantitative estimate of drug-likeness (QED) is 0.873. The third-order valence-electron chi connectivity index (χ3n) is 2.87. The average molecular weight is 235 g/mol. The highest BCUT2D eigenvalue weighted by Gasteiger charge is 2.16. The van der Waals surface area contributed by atoms with E-state index in [0.29, 0.717) is 25.7 Å². The Labute approximate surface area is 105 Å². The summed E-state index contributed by atoms with van der Waals surface area (Å²) in [7, 11) is 0. The van der Waals surface area contributed by atoms with Crippen molar-refractivity contribution >= 4 is 6.09 Å². The van der Waals surface area contributed by atoms with Crippen LogP contribution in [-0.4, -0.2) is 12.1 Å². The maximum Gasteiger partial charge on any atom is 0.407 e. The van der Waals surface area contributed by atoms with Crippen LogP contribution in [0.2, 0.25) is 0 Å². The first kappa shape index (κ1) is 9.51. The number of carbonyl (C=O) groups is 1. The molecule has 1 aliphatic rings. The summed E-state index contributed by atoms with van der Waals surface area (Å²) in [4.78, 5) is 11.6. The number of hydrogen-bond donors (Lipinski definition) is 1. The highest BCUT2D eigenvalue weighted by atomic mass is 16.5. The molecule has 92 valence electrons. The monoisotopic (exact) mass is 235 g/mol. The van der Waals surface area contributed by atoms with Gasteiger partial charge in [0, 0.05) is 8.78 Å². The Kier molecular flexibility index (Phi) is 3.51. The fourth-order valence-corrected chi connectivity index (χ4v) is 1.90. The molecule has 0 atom stereocenters. The SMILES string of the molecule is [2H]C1([2H])CCC(NC(=O)OCc2ccccc2)CC1. The molecule has 1 aliphatic carbocycles. The zero-order chi connectivity index (χ0) is 13.7. The van der Waals surface area contributed by atoms with E-state index in [2.05, 4.69) is 5.32 Å². The summed E-state index contributed by atoms with van der Waals surface area (Å²) < 4.78 is 20.4. The number of hydrogen-bond acceptors (Lipinski definition) is 2. The molecule has 1 fully saturated rings. The number of carbonyl (C=O) groups excluding carboxylic acids is 1. The number of benzene rings is 1. The smallest absolute Gasteiger partial charge is 0.407 e. The van der Waals surface area contributed by atoms with Gasteiger partial charge in [0.2, 0.25) is 0 Å². The van der Waals surface area contributed by atoms with Gasteiger partial charge < -0.3 is 10.1 Å². The maximum absolute atomic E-state index is 11.6. The Morgan fingerprint density at radius 2 is 2.06 bits per heavy atom. The summed E-state index contributed by atoms with van der Waals surface area (Å²) >= 11 is 0. The van der Waals surface area contributed by atoms with Gasteiger partial charge in [0.15, 0.2) is 0 Å². The van der Waals surface area contributed by atoms with E-state index in [0.717, 1.165) is 5.56 Å². The number of alkyl carbamates (subject to hydrolysis) is 1. The standard InChI is InChI=1S/C14H19NO2/c16-14(15-13-9-5-2-6-10-13)17-11-12-7-3-1-4-8-12/h1,3-4,7-8,13H,2,5-6,9-11H2,(H,15,16)/i2D2. The summed E-state index contributed by atoms with van der Waals surface area (Å²) in [6.07, 6.45) is 0.844. The van der Waals surface area contributed by atoms with Gasteiger partial charge in [0.05, 0.1) is 0 Å². The van der Waals surface area contributed by atoms with Crippen LogP contribution in [0.15, 0.2) is 30.3 Å². The first-order chi connectivity index (χ1) is 9.05. The number of amides is 1. The Balaban J connectivity index is 1.70. The Bertz CT molecular complexity index is 413. The minimum absolute atomic E-state index is 0.0344. The van der Waals surface area contributed by atoms with E-state index in [1.807, 2.05) is 30.3 Å². The molecule has 0 spiro atoms. The van der Waals surface area contributed by atoms with Gasteiger partial charge >= 0.3 is 6.09 Å². The van der Waals surface area contributed by atoms with E-state index in [1.54, 1.807) is 0 Å². The van der Waals surface area contributed by atoms with Crippen LogP contribution >= 0.6 is 0 Å². The van der Waals surface area contributed by atoms with Crippen molar-refractivity contribution < 1.29 is 12.3 Å². The Morgan fingerprint density at radius 1 is 1.35 bits per heavy atom. The Morgan fingerprint density at radius 3 is 2.76 bits per heavy atom. The van der Waals surface area contributed by atoms with Crippen LogP contribution in [0, 0.1) is 0 Å². The number of rotatable bonds is 3. The van der Waals surface area contributed by atoms with Crippen LogP contribution in [0.25, 0.3) is 0 Å². The van der Waals surface area contributed by atoms with E-state index in [1.165, 1.54) is 0 Å². The summed E-state index contributed by atoms with van der Waals surface area (Å²) in [5, 5.41) is 2.80. The van der Waals surface area contributed by atoms with Crippen LogP contribution < -0.4 is 5.32 Å². The normalized spacial score (nSPS) is 21.2. The molecule has 17 heavy (non-hydrogen) atoms. The molecule has 2 rings (SSSR count). The maximum atomic E-state index is 11.6. The topological polar surface area (TPSA) is 38.3 Å². The van der Waals surface area contributed by atoms with Gasteiger partial charge in [-0.25, -0.2) is 4.79 Å². The molecule has 3 nitrogen and oxygen atoms in total. The second-order valence-electron chi connectivity index (χ2n) is 4.23. The van der Waals surface area contributed by atoms with Crippen molar-refractivity contribution in [3.63, 3.8) is 0 Å². The van der Waals surface area contributed by atoms with Crippen LogP contribution in [0.5, 0.6) is 0 Å². The van der Waals surface area contributed by atoms with E-state index in [4.69, 9.17) is 7.48 Å². The van der Waals surface area contributed by atoms with Crippen molar-refractivity contribution in [2.75, 3.05) is 0 Å². The van der Waals surface area contributed by atoms with Crippen molar-refractivity contribution in [1.82, 2.24) is 5.32 Å². The molecule has 0 aliphatic heterocycles. The van der Waals surface area contributed by atoms with E-state index < -0.39 is 12.5 Å². The Hall–Kier alpha value is -1.51. The summed E-state index contributed by atoms with van der Waals surface area (Å²) in [5.41, 5.74) is 0.956. The van der Waals surface area contributed by atoms with Crippen molar-refractivity contribution in [2.24, 2.45) is 0 Å². The third-order valence-corrected chi connectivity index (χ3v) is 2.87. The molecule has 0 heterocycles. The van der Waals surface area contributed by atoms with Gasteiger partial charge in [-0.2, -0.15) is 0 Å². The van der Waals surface area contributed by atoms with Crippen molar-refractivity contribution in [1.29, 1.82) is 0 Å². The molecule has 1 N–H and O–H groups in total. The molecule has 1 saturated carbocycles. The zero-order valence-electron chi connectivity index (χ0n) is 11.8. The molecular weight excluding hydrogens is 214 g/mol. The van der Waals surface area contributed by atoms with Crippen LogP contribution in [-0.2, 0) is 11.3 Å². The fourth-order valence-electron chi connectivity index (χ4n) is 1.90. The molecular formula is C14H19NO2. The summed E-state index contributed by atoms with van der Waals surface area (Å²) in [6.45, 7) is 0.264. The van der Waals surface area contributed by atoms with Gasteiger partial charge in [-0.05, 0) is 18.4 Å². The molecule has 0 radical (unpaired) electrons. The van der Waals surface area contributed by atoms with Gasteiger partial charge in [0.1, 0.15) is 6.61 Å². The van der Waals surface area contributed by atoms with E-state index in [9.17, 15) is 4.79 Å². The molecule has 1 aromatic rings. The second kappa shape index (κ2) is 6.28. The van der Waals surface area contributed by atoms with Gasteiger partial charge in [0.25, 0.3) is 0 Å². The lowest BCUT2D eigenvalue weighted by atomic mass is 9.96. The lowest BCUT2D eigenvalue weighted by molar-refractivity contribution is 0.133. The number of nitrogens with one attached hydrogen (secondary N) is 1. The zero-order valence-corrected chi connectivity index (χ0v) is 9.82. The minimum Gasteiger partial charge on any atom is -0.445 e. The molecule has 1 amide bonds. The van der Waals surface area contributed by atoms with Gasteiger partial charge in [-0.3, -0.25) is 0 Å². The molecule has 0 saturated heterocycles. The average Bonchev–Trinajstić information content (AvgIpc) is 2.40. The summed E-state index contributed by atoms with van der Waals surface area (Å²) in [6, 6.07) is 9.57. The predicted octanol–water partition coefficient (Wildman–Crippen LogP) is 3.25. The molecule has 0 aromatic heterocycles. The van der Waals surface area contributed by atoms with Crippen molar-refractivity contribution in [3.05, 3.63) is 35.9 Å². The van der Waals surface area contributed by atoms with Crippen LogP contribution in [0.4, 0.5) is 4.79 Å². The first-order valence-electron chi connectivity index (χ1n) is 7.02. The second-order valence-corrected chi connectivity index (χ2v) is 4.23. The van der Waals surface area contributed by atoms with Crippen LogP contribution in [0.1, 0.15) is 40.4 Å². The lowest BCUT2D eigenvalue weighted by Gasteiger charge is -2.22. The lowest BCUT2D eigenvalue weighted by Crippen LogP contribution is -2.36. The first-order valence-corrected chi connectivity index (χ1v) is 6.02. The molecule has 1 aromatic carbocycles. The highest BCUT2D eigenvalue weighted by Crippen LogP contribution is 2.17. The minimum atomic E-state index is -1.08. The van der Waals surface area contributed by atoms with Crippen LogP contribution in [0.3, 0.4) is 0 Å². The third kappa shape index (κ3) is 4.10. The molecule has 3 heteroatoms. The number of ether oxygens (including phenoxy) is 1. The van der Waals surface area contributed by atoms with Gasteiger partial charge in [-0.1, -0.05) is 49.5 Å². The van der Waals surface area contributed by atoms with E-state index >= 15 is 0 Å². The van der Waals surface area contributed by atoms with Crippen molar-refractivity contribution in [3.8, 4) is 0 Å². The van der Waals surface area contributed by atoms with E-state index in [-0.39, 0.29) is 12.6 Å². The fraction of sp³-hybridized carbons (Fsp3) is 0.500. The largest absolute Gasteiger partial charge is 0.445 e. The summed E-state index contributed by atoms with van der Waals surface area (Å²) in [5.74, 6) is 0. The molecule has 0 unspecified atom stereocenters. The highest BCUT2D eigenvalue weighted by molar-refractivity contribution is 5.67.